The molecule has 1 rings (SSSR count). The van der Waals surface area contributed by atoms with Gasteiger partial charge in [0.1, 0.15) is 0 Å². The van der Waals surface area contributed by atoms with Gasteiger partial charge in [0.15, 0.2) is 0 Å². The van der Waals surface area contributed by atoms with Gasteiger partial charge >= 0.3 is 5.97 Å². The second kappa shape index (κ2) is 4.78. The lowest BCUT2D eigenvalue weighted by atomic mass is 9.84. The van der Waals surface area contributed by atoms with Crippen LogP contribution in [0.4, 0.5) is 0 Å². The molecule has 0 unspecified atom stereocenters. The van der Waals surface area contributed by atoms with Gasteiger partial charge < -0.3 is 10.4 Å². The quantitative estimate of drug-likeness (QED) is 0.686. The summed E-state index contributed by atoms with van der Waals surface area (Å²) in [6, 6.07) is 0. The lowest BCUT2D eigenvalue weighted by Crippen LogP contribution is -2.35. The van der Waals surface area contributed by atoms with Crippen LogP contribution in [-0.4, -0.2) is 24.2 Å². The Hall–Kier alpha value is -0.570. The summed E-state index contributed by atoms with van der Waals surface area (Å²) in [7, 11) is 0. The van der Waals surface area contributed by atoms with Gasteiger partial charge in [0, 0.05) is 6.54 Å². The summed E-state index contributed by atoms with van der Waals surface area (Å²) in [5, 5.41) is 12.1. The molecule has 0 saturated heterocycles. The van der Waals surface area contributed by atoms with Crippen molar-refractivity contribution in [1.82, 2.24) is 5.32 Å². The Morgan fingerprint density at radius 3 is 2.57 bits per heavy atom. The minimum absolute atomic E-state index is 0.129. The largest absolute Gasteiger partial charge is 0.481 e. The van der Waals surface area contributed by atoms with Gasteiger partial charge in [0.25, 0.3) is 0 Å². The number of carboxylic acids is 1. The maximum absolute atomic E-state index is 10.6. The van der Waals surface area contributed by atoms with Crippen molar-refractivity contribution in [1.29, 1.82) is 0 Å². The highest BCUT2D eigenvalue weighted by Crippen LogP contribution is 2.26. The zero-order chi connectivity index (χ0) is 10.6. The van der Waals surface area contributed by atoms with Crippen LogP contribution in [0.2, 0.25) is 0 Å². The summed E-state index contributed by atoms with van der Waals surface area (Å²) in [6.45, 7) is 5.85. The summed E-state index contributed by atoms with van der Waals surface area (Å²) in [6.07, 6.45) is 4.29. The van der Waals surface area contributed by atoms with Gasteiger partial charge in [0.05, 0.1) is 6.42 Å². The molecule has 0 atom stereocenters. The third-order valence-electron chi connectivity index (χ3n) is 2.89. The summed E-state index contributed by atoms with van der Waals surface area (Å²) >= 11 is 0. The van der Waals surface area contributed by atoms with E-state index in [-0.39, 0.29) is 11.8 Å². The molecule has 0 heterocycles. The van der Waals surface area contributed by atoms with Gasteiger partial charge in [-0.25, -0.2) is 0 Å². The third-order valence-corrected chi connectivity index (χ3v) is 2.89. The van der Waals surface area contributed by atoms with Crippen LogP contribution in [0.5, 0.6) is 0 Å². The zero-order valence-corrected chi connectivity index (χ0v) is 9.18. The minimum atomic E-state index is -0.708. The normalized spacial score (nSPS) is 17.9. The molecule has 82 valence electrons. The minimum Gasteiger partial charge on any atom is -0.481 e. The summed E-state index contributed by atoms with van der Waals surface area (Å²) in [5.41, 5.74) is -0.129. The van der Waals surface area contributed by atoms with Gasteiger partial charge in [-0.3, -0.25) is 4.79 Å². The van der Waals surface area contributed by atoms with Crippen molar-refractivity contribution in [2.45, 2.75) is 39.5 Å². The summed E-state index contributed by atoms with van der Waals surface area (Å²) in [5.74, 6) is 0.135. The number of carbonyl (C=O) groups is 1. The van der Waals surface area contributed by atoms with Gasteiger partial charge in [-0.15, -0.1) is 0 Å². The smallest absolute Gasteiger partial charge is 0.303 e. The Bertz CT molecular complexity index is 197. The molecule has 0 aromatic heterocycles. The molecule has 1 aliphatic carbocycles. The van der Waals surface area contributed by atoms with E-state index in [1.54, 1.807) is 0 Å². The first-order chi connectivity index (χ1) is 6.49. The molecular weight excluding hydrogens is 178 g/mol. The van der Waals surface area contributed by atoms with E-state index in [4.69, 9.17) is 5.11 Å². The number of carboxylic acid groups (broad SMARTS) is 1. The Kier molecular flexibility index (Phi) is 3.93. The van der Waals surface area contributed by atoms with Crippen molar-refractivity contribution >= 4 is 5.97 Å². The number of hydrogen-bond donors (Lipinski definition) is 2. The molecule has 1 aliphatic rings. The number of aliphatic carboxylic acids is 1. The van der Waals surface area contributed by atoms with Gasteiger partial charge in [0.2, 0.25) is 0 Å². The highest BCUT2D eigenvalue weighted by atomic mass is 16.4. The molecule has 1 fully saturated rings. The van der Waals surface area contributed by atoms with E-state index in [1.165, 1.54) is 19.3 Å². The predicted octanol–water partition coefficient (Wildman–Crippen LogP) is 1.88. The Balaban J connectivity index is 2.11. The van der Waals surface area contributed by atoms with Crippen LogP contribution in [0, 0.1) is 11.3 Å². The van der Waals surface area contributed by atoms with Crippen LogP contribution < -0.4 is 5.32 Å². The molecular formula is C11H21NO2. The molecule has 0 radical (unpaired) electrons. The first kappa shape index (κ1) is 11.5. The average Bonchev–Trinajstić information content (AvgIpc) is 1.91. The van der Waals surface area contributed by atoms with E-state index in [0.717, 1.165) is 19.0 Å². The fourth-order valence-electron chi connectivity index (χ4n) is 1.78. The zero-order valence-electron chi connectivity index (χ0n) is 9.18. The SMILES string of the molecule is CC(C)(CNCC1CCC1)CC(=O)O. The topological polar surface area (TPSA) is 49.3 Å². The molecule has 0 aromatic carbocycles. The van der Waals surface area contributed by atoms with E-state index < -0.39 is 5.97 Å². The summed E-state index contributed by atoms with van der Waals surface area (Å²) < 4.78 is 0. The molecule has 2 N–H and O–H groups in total. The lowest BCUT2D eigenvalue weighted by Gasteiger charge is -2.28. The fourth-order valence-corrected chi connectivity index (χ4v) is 1.78. The van der Waals surface area contributed by atoms with Crippen molar-refractivity contribution in [2.75, 3.05) is 13.1 Å². The Labute approximate surface area is 85.9 Å². The maximum atomic E-state index is 10.6. The third kappa shape index (κ3) is 4.09. The maximum Gasteiger partial charge on any atom is 0.303 e. The van der Waals surface area contributed by atoms with E-state index in [0.29, 0.717) is 0 Å². The van der Waals surface area contributed by atoms with Crippen LogP contribution in [-0.2, 0) is 4.79 Å². The number of hydrogen-bond acceptors (Lipinski definition) is 2. The lowest BCUT2D eigenvalue weighted by molar-refractivity contribution is -0.139. The molecule has 3 heteroatoms. The van der Waals surface area contributed by atoms with E-state index >= 15 is 0 Å². The van der Waals surface area contributed by atoms with Crippen LogP contribution in [0.15, 0.2) is 0 Å². The first-order valence-corrected chi connectivity index (χ1v) is 5.42. The molecule has 0 aromatic rings. The molecule has 0 aliphatic heterocycles. The predicted molar refractivity (Wildman–Crippen MR) is 56.2 cm³/mol. The number of rotatable bonds is 6. The Morgan fingerprint density at radius 1 is 1.50 bits per heavy atom. The van der Waals surface area contributed by atoms with Crippen molar-refractivity contribution in [2.24, 2.45) is 11.3 Å². The van der Waals surface area contributed by atoms with Crippen LogP contribution in [0.1, 0.15) is 39.5 Å². The average molecular weight is 199 g/mol. The standard InChI is InChI=1S/C11H21NO2/c1-11(2,6-10(13)14)8-12-7-9-4-3-5-9/h9,12H,3-8H2,1-2H3,(H,13,14). The van der Waals surface area contributed by atoms with Crippen LogP contribution >= 0.6 is 0 Å². The molecule has 14 heavy (non-hydrogen) atoms. The van der Waals surface area contributed by atoms with Gasteiger partial charge in [-0.1, -0.05) is 20.3 Å². The number of nitrogens with one attached hydrogen (secondary N) is 1. The highest BCUT2D eigenvalue weighted by molar-refractivity contribution is 5.67. The fraction of sp³-hybridized carbons (Fsp3) is 0.909. The van der Waals surface area contributed by atoms with E-state index in [1.807, 2.05) is 13.8 Å². The molecule has 0 amide bonds. The summed E-state index contributed by atoms with van der Waals surface area (Å²) in [4.78, 5) is 10.6. The molecule has 0 spiro atoms. The van der Waals surface area contributed by atoms with Crippen molar-refractivity contribution < 1.29 is 9.90 Å². The Morgan fingerprint density at radius 2 is 2.14 bits per heavy atom. The molecule has 1 saturated carbocycles. The molecule has 3 nitrogen and oxygen atoms in total. The second-order valence-corrected chi connectivity index (χ2v) is 5.16. The van der Waals surface area contributed by atoms with Crippen molar-refractivity contribution in [3.8, 4) is 0 Å². The van der Waals surface area contributed by atoms with E-state index in [2.05, 4.69) is 5.32 Å². The first-order valence-electron chi connectivity index (χ1n) is 5.42. The van der Waals surface area contributed by atoms with Gasteiger partial charge in [-0.05, 0) is 30.7 Å². The molecule has 0 bridgehead atoms. The van der Waals surface area contributed by atoms with E-state index in [9.17, 15) is 4.79 Å². The van der Waals surface area contributed by atoms with Crippen LogP contribution in [0.3, 0.4) is 0 Å². The highest BCUT2D eigenvalue weighted by Gasteiger charge is 2.23. The monoisotopic (exact) mass is 199 g/mol. The van der Waals surface area contributed by atoms with Crippen molar-refractivity contribution in [3.63, 3.8) is 0 Å². The van der Waals surface area contributed by atoms with Gasteiger partial charge in [-0.2, -0.15) is 0 Å². The van der Waals surface area contributed by atoms with Crippen LogP contribution in [0.25, 0.3) is 0 Å². The van der Waals surface area contributed by atoms with Crippen molar-refractivity contribution in [3.05, 3.63) is 0 Å². The second-order valence-electron chi connectivity index (χ2n) is 5.16.